The van der Waals surface area contributed by atoms with Crippen molar-refractivity contribution in [3.63, 3.8) is 0 Å². The minimum Gasteiger partial charge on any atom is -0.315 e. The molecule has 6 heteroatoms. The quantitative estimate of drug-likeness (QED) is 0.813. The molecule has 1 saturated carbocycles. The molecule has 0 aromatic carbocycles. The molecule has 0 unspecified atom stereocenters. The molecule has 108 valence electrons. The van der Waals surface area contributed by atoms with Crippen LogP contribution in [0.5, 0.6) is 0 Å². The highest BCUT2D eigenvalue weighted by Gasteiger charge is 2.19. The second-order valence-corrected chi connectivity index (χ2v) is 8.25. The molecule has 2 rings (SSSR count). The first-order valence-electron chi connectivity index (χ1n) is 6.85. The van der Waals surface area contributed by atoms with E-state index in [1.807, 2.05) is 13.1 Å². The summed E-state index contributed by atoms with van der Waals surface area (Å²) >= 11 is 1.33. The van der Waals surface area contributed by atoms with Gasteiger partial charge in [-0.2, -0.15) is 0 Å². The van der Waals surface area contributed by atoms with E-state index in [0.717, 1.165) is 11.3 Å². The molecule has 0 amide bonds. The van der Waals surface area contributed by atoms with Crippen molar-refractivity contribution in [3.8, 4) is 0 Å². The van der Waals surface area contributed by atoms with Crippen LogP contribution in [0.25, 0.3) is 0 Å². The van der Waals surface area contributed by atoms with E-state index in [0.29, 0.717) is 23.2 Å². The molecule has 1 aromatic rings. The lowest BCUT2D eigenvalue weighted by molar-refractivity contribution is 0.496. The van der Waals surface area contributed by atoms with Crippen LogP contribution in [-0.2, 0) is 16.6 Å². The van der Waals surface area contributed by atoms with Gasteiger partial charge in [0.05, 0.1) is 0 Å². The Morgan fingerprint density at radius 1 is 1.32 bits per heavy atom. The van der Waals surface area contributed by atoms with Gasteiger partial charge in [0.2, 0.25) is 10.0 Å². The molecular weight excluding hydrogens is 280 g/mol. The monoisotopic (exact) mass is 302 g/mol. The van der Waals surface area contributed by atoms with Crippen LogP contribution >= 0.6 is 11.3 Å². The van der Waals surface area contributed by atoms with Gasteiger partial charge in [-0.3, -0.25) is 0 Å². The maximum atomic E-state index is 12.1. The van der Waals surface area contributed by atoms with E-state index < -0.39 is 10.0 Å². The minimum absolute atomic E-state index is 0.421. The Morgan fingerprint density at radius 3 is 2.74 bits per heavy atom. The molecule has 1 aliphatic carbocycles. The second kappa shape index (κ2) is 6.83. The van der Waals surface area contributed by atoms with Crippen LogP contribution in [0.15, 0.2) is 16.3 Å². The molecule has 1 aliphatic rings. The zero-order chi connectivity index (χ0) is 13.7. The van der Waals surface area contributed by atoms with Crippen LogP contribution in [0.1, 0.15) is 37.0 Å². The van der Waals surface area contributed by atoms with Crippen LogP contribution in [-0.4, -0.2) is 22.0 Å². The fourth-order valence-electron chi connectivity index (χ4n) is 2.54. The highest BCUT2D eigenvalue weighted by atomic mass is 32.2. The number of hydrogen-bond donors (Lipinski definition) is 2. The van der Waals surface area contributed by atoms with E-state index in [9.17, 15) is 8.42 Å². The molecule has 0 atom stereocenters. The smallest absolute Gasteiger partial charge is 0.250 e. The zero-order valence-corrected chi connectivity index (χ0v) is 12.9. The van der Waals surface area contributed by atoms with Crippen LogP contribution < -0.4 is 10.0 Å². The number of hydrogen-bond acceptors (Lipinski definition) is 4. The van der Waals surface area contributed by atoms with E-state index in [2.05, 4.69) is 10.0 Å². The maximum Gasteiger partial charge on any atom is 0.250 e. The summed E-state index contributed by atoms with van der Waals surface area (Å²) in [5.74, 6) is 0.714. The summed E-state index contributed by atoms with van der Waals surface area (Å²) in [7, 11) is -1.45. The Morgan fingerprint density at radius 2 is 2.05 bits per heavy atom. The Kier molecular flexibility index (Phi) is 5.38. The van der Waals surface area contributed by atoms with E-state index in [1.165, 1.54) is 37.0 Å². The lowest BCUT2D eigenvalue weighted by atomic mass is 10.1. The predicted octanol–water partition coefficient (Wildman–Crippen LogP) is 2.33. The molecule has 0 spiro atoms. The van der Waals surface area contributed by atoms with E-state index in [1.54, 1.807) is 6.07 Å². The first-order chi connectivity index (χ1) is 9.12. The predicted molar refractivity (Wildman–Crippen MR) is 78.8 cm³/mol. The molecule has 0 aliphatic heterocycles. The average molecular weight is 302 g/mol. The van der Waals surface area contributed by atoms with Crippen molar-refractivity contribution in [2.24, 2.45) is 5.92 Å². The van der Waals surface area contributed by atoms with E-state index >= 15 is 0 Å². The van der Waals surface area contributed by atoms with Gasteiger partial charge in [-0.05, 0) is 31.5 Å². The van der Waals surface area contributed by atoms with Crippen molar-refractivity contribution < 1.29 is 8.42 Å². The Labute approximate surface area is 119 Å². The topological polar surface area (TPSA) is 58.2 Å². The largest absolute Gasteiger partial charge is 0.315 e. The molecule has 2 N–H and O–H groups in total. The minimum atomic E-state index is -3.31. The van der Waals surface area contributed by atoms with Gasteiger partial charge in [0.1, 0.15) is 4.21 Å². The van der Waals surface area contributed by atoms with Gasteiger partial charge in [-0.25, -0.2) is 13.1 Å². The van der Waals surface area contributed by atoms with Crippen LogP contribution in [0.4, 0.5) is 0 Å². The molecule has 4 nitrogen and oxygen atoms in total. The molecular formula is C13H22N2O2S2. The third-order valence-electron chi connectivity index (χ3n) is 3.57. The molecule has 0 saturated heterocycles. The van der Waals surface area contributed by atoms with E-state index in [4.69, 9.17) is 0 Å². The van der Waals surface area contributed by atoms with Crippen molar-refractivity contribution in [3.05, 3.63) is 17.0 Å². The molecule has 1 aromatic heterocycles. The first-order valence-corrected chi connectivity index (χ1v) is 9.15. The standard InChI is InChI=1S/C13H22N2O2S2/c1-14-10-12-6-7-13(18-12)19(16,17)15-9-8-11-4-2-3-5-11/h6-7,11,14-15H,2-5,8-10H2,1H3. The van der Waals surface area contributed by atoms with Crippen molar-refractivity contribution in [2.45, 2.75) is 42.9 Å². The summed E-state index contributed by atoms with van der Waals surface area (Å²) < 4.78 is 27.3. The number of rotatable bonds is 7. The van der Waals surface area contributed by atoms with Crippen LogP contribution in [0.2, 0.25) is 0 Å². The Bertz CT molecular complexity index is 490. The summed E-state index contributed by atoms with van der Waals surface area (Å²) in [5.41, 5.74) is 0. The normalized spacial score (nSPS) is 17.1. The van der Waals surface area contributed by atoms with Gasteiger partial charge in [0.25, 0.3) is 0 Å². The lowest BCUT2D eigenvalue weighted by Crippen LogP contribution is -2.25. The molecule has 0 radical (unpaired) electrons. The third-order valence-corrected chi connectivity index (χ3v) is 6.61. The number of nitrogens with one attached hydrogen (secondary N) is 2. The summed E-state index contributed by atoms with van der Waals surface area (Å²) in [5, 5.41) is 3.02. The molecule has 0 bridgehead atoms. The first kappa shape index (κ1) is 15.0. The number of sulfonamides is 1. The summed E-state index contributed by atoms with van der Waals surface area (Å²) in [6, 6.07) is 3.56. The molecule has 1 fully saturated rings. The third kappa shape index (κ3) is 4.27. The van der Waals surface area contributed by atoms with Crippen molar-refractivity contribution in [1.29, 1.82) is 0 Å². The van der Waals surface area contributed by atoms with Crippen molar-refractivity contribution in [1.82, 2.24) is 10.0 Å². The van der Waals surface area contributed by atoms with Crippen molar-refractivity contribution in [2.75, 3.05) is 13.6 Å². The Balaban J connectivity index is 1.85. The number of thiophene rings is 1. The fourth-order valence-corrected chi connectivity index (χ4v) is 5.00. The van der Waals surface area contributed by atoms with Crippen LogP contribution in [0, 0.1) is 5.92 Å². The maximum absolute atomic E-state index is 12.1. The molecule has 19 heavy (non-hydrogen) atoms. The summed E-state index contributed by atoms with van der Waals surface area (Å²) in [6.07, 6.45) is 6.08. The highest BCUT2D eigenvalue weighted by Crippen LogP contribution is 2.27. The van der Waals surface area contributed by atoms with Gasteiger partial charge >= 0.3 is 0 Å². The summed E-state index contributed by atoms with van der Waals surface area (Å²) in [4.78, 5) is 1.04. The van der Waals surface area contributed by atoms with Crippen molar-refractivity contribution >= 4 is 21.4 Å². The second-order valence-electron chi connectivity index (χ2n) is 5.09. The average Bonchev–Trinajstić information content (AvgIpc) is 3.00. The van der Waals surface area contributed by atoms with Gasteiger partial charge < -0.3 is 5.32 Å². The van der Waals surface area contributed by atoms with Gasteiger partial charge in [-0.15, -0.1) is 11.3 Å². The Hall–Kier alpha value is -0.430. The summed E-state index contributed by atoms with van der Waals surface area (Å²) in [6.45, 7) is 1.27. The fraction of sp³-hybridized carbons (Fsp3) is 0.692. The highest BCUT2D eigenvalue weighted by molar-refractivity contribution is 7.91. The van der Waals surface area contributed by atoms with E-state index in [-0.39, 0.29) is 0 Å². The zero-order valence-electron chi connectivity index (χ0n) is 11.3. The van der Waals surface area contributed by atoms with Crippen LogP contribution in [0.3, 0.4) is 0 Å². The SMILES string of the molecule is CNCc1ccc(S(=O)(=O)NCCC2CCCC2)s1. The van der Waals surface area contributed by atoms with Gasteiger partial charge in [0, 0.05) is 18.0 Å². The molecule has 1 heterocycles. The van der Waals surface area contributed by atoms with Gasteiger partial charge in [0.15, 0.2) is 0 Å². The van der Waals surface area contributed by atoms with Gasteiger partial charge in [-0.1, -0.05) is 25.7 Å². The lowest BCUT2D eigenvalue weighted by Gasteiger charge is -2.09.